The van der Waals surface area contributed by atoms with Crippen molar-refractivity contribution in [2.45, 2.75) is 25.8 Å². The Labute approximate surface area is 96.8 Å². The Morgan fingerprint density at radius 1 is 1.71 bits per heavy atom. The molecule has 1 N–H and O–H groups in total. The van der Waals surface area contributed by atoms with E-state index < -0.39 is 0 Å². The van der Waals surface area contributed by atoms with Gasteiger partial charge in [0.15, 0.2) is 0 Å². The molecule has 0 fully saturated rings. The molecule has 0 aliphatic carbocycles. The second-order valence-electron chi connectivity index (χ2n) is 3.24. The third-order valence-corrected chi connectivity index (χ3v) is 2.98. The molecule has 1 amide bonds. The van der Waals surface area contributed by atoms with Crippen molar-refractivity contribution >= 4 is 33.2 Å². The van der Waals surface area contributed by atoms with Crippen molar-refractivity contribution in [1.82, 2.24) is 5.32 Å². The SMILES string of the molecule is CC(Cc1ccsc1)NC(=O)CCBr. The molecule has 78 valence electrons. The number of carbonyl (C=O) groups excluding carboxylic acids is 1. The van der Waals surface area contributed by atoms with Crippen molar-refractivity contribution in [2.75, 3.05) is 5.33 Å². The maximum absolute atomic E-state index is 11.2. The number of nitrogens with one attached hydrogen (secondary N) is 1. The molecule has 1 atom stereocenters. The summed E-state index contributed by atoms with van der Waals surface area (Å²) in [7, 11) is 0. The molecule has 1 aromatic heterocycles. The number of rotatable bonds is 5. The standard InChI is InChI=1S/C10H14BrNOS/c1-8(12-10(13)2-4-11)6-9-3-5-14-7-9/h3,5,7-8H,2,4,6H2,1H3,(H,12,13). The number of thiophene rings is 1. The quantitative estimate of drug-likeness (QED) is 0.823. The van der Waals surface area contributed by atoms with Gasteiger partial charge in [-0.2, -0.15) is 11.3 Å². The van der Waals surface area contributed by atoms with Gasteiger partial charge in [0.2, 0.25) is 5.91 Å². The summed E-state index contributed by atoms with van der Waals surface area (Å²) in [5.41, 5.74) is 1.29. The van der Waals surface area contributed by atoms with E-state index >= 15 is 0 Å². The van der Waals surface area contributed by atoms with E-state index in [9.17, 15) is 4.79 Å². The zero-order valence-corrected chi connectivity index (χ0v) is 10.5. The highest BCUT2D eigenvalue weighted by molar-refractivity contribution is 9.09. The van der Waals surface area contributed by atoms with Crippen molar-refractivity contribution in [3.05, 3.63) is 22.4 Å². The third kappa shape index (κ3) is 4.24. The molecule has 0 saturated carbocycles. The molecular weight excluding hydrogens is 262 g/mol. The van der Waals surface area contributed by atoms with Gasteiger partial charge in [-0.15, -0.1) is 0 Å². The Hall–Kier alpha value is -0.350. The van der Waals surface area contributed by atoms with Crippen LogP contribution < -0.4 is 5.32 Å². The number of halogens is 1. The van der Waals surface area contributed by atoms with Crippen molar-refractivity contribution in [1.29, 1.82) is 0 Å². The molecule has 14 heavy (non-hydrogen) atoms. The van der Waals surface area contributed by atoms with Crippen LogP contribution in [0, 0.1) is 0 Å². The zero-order valence-electron chi connectivity index (χ0n) is 8.13. The highest BCUT2D eigenvalue weighted by Gasteiger charge is 2.07. The molecule has 4 heteroatoms. The van der Waals surface area contributed by atoms with Gasteiger partial charge in [0.25, 0.3) is 0 Å². The number of hydrogen-bond donors (Lipinski definition) is 1. The van der Waals surface area contributed by atoms with E-state index in [1.807, 2.05) is 6.92 Å². The first-order valence-electron chi connectivity index (χ1n) is 4.58. The number of amides is 1. The fourth-order valence-electron chi connectivity index (χ4n) is 1.25. The van der Waals surface area contributed by atoms with Crippen LogP contribution in [0.5, 0.6) is 0 Å². The van der Waals surface area contributed by atoms with Gasteiger partial charge >= 0.3 is 0 Å². The highest BCUT2D eigenvalue weighted by Crippen LogP contribution is 2.08. The minimum absolute atomic E-state index is 0.115. The monoisotopic (exact) mass is 275 g/mol. The van der Waals surface area contributed by atoms with Crippen LogP contribution in [0.2, 0.25) is 0 Å². The second kappa shape index (κ2) is 6.19. The van der Waals surface area contributed by atoms with Gasteiger partial charge in [-0.1, -0.05) is 15.9 Å². The average molecular weight is 276 g/mol. The van der Waals surface area contributed by atoms with Crippen LogP contribution in [0.15, 0.2) is 16.8 Å². The van der Waals surface area contributed by atoms with E-state index in [0.29, 0.717) is 6.42 Å². The number of carbonyl (C=O) groups is 1. The first kappa shape index (κ1) is 11.7. The minimum Gasteiger partial charge on any atom is -0.353 e. The predicted molar refractivity (Wildman–Crippen MR) is 64.0 cm³/mol. The van der Waals surface area contributed by atoms with Gasteiger partial charge in [-0.3, -0.25) is 4.79 Å². The maximum atomic E-state index is 11.2. The van der Waals surface area contributed by atoms with E-state index in [2.05, 4.69) is 38.1 Å². The second-order valence-corrected chi connectivity index (χ2v) is 4.82. The number of alkyl halides is 1. The molecule has 1 unspecified atom stereocenters. The summed E-state index contributed by atoms with van der Waals surface area (Å²) in [5.74, 6) is 0.115. The molecule has 0 radical (unpaired) electrons. The Balaban J connectivity index is 2.29. The molecular formula is C10H14BrNOS. The molecule has 0 aromatic carbocycles. The van der Waals surface area contributed by atoms with Crippen molar-refractivity contribution < 1.29 is 4.79 Å². The van der Waals surface area contributed by atoms with Gasteiger partial charge in [0.1, 0.15) is 0 Å². The third-order valence-electron chi connectivity index (χ3n) is 1.85. The van der Waals surface area contributed by atoms with E-state index in [0.717, 1.165) is 11.8 Å². The van der Waals surface area contributed by atoms with Crippen LogP contribution in [0.3, 0.4) is 0 Å². The zero-order chi connectivity index (χ0) is 10.4. The molecule has 1 heterocycles. The summed E-state index contributed by atoms with van der Waals surface area (Å²) in [4.78, 5) is 11.2. The Kier molecular flexibility index (Phi) is 5.19. The minimum atomic E-state index is 0.115. The van der Waals surface area contributed by atoms with Crippen molar-refractivity contribution in [3.63, 3.8) is 0 Å². The predicted octanol–water partition coefficient (Wildman–Crippen LogP) is 2.58. The summed E-state index contributed by atoms with van der Waals surface area (Å²) in [6.45, 7) is 2.03. The summed E-state index contributed by atoms with van der Waals surface area (Å²) in [6, 6.07) is 2.31. The summed E-state index contributed by atoms with van der Waals surface area (Å²) >= 11 is 4.93. The summed E-state index contributed by atoms with van der Waals surface area (Å²) in [6.07, 6.45) is 1.46. The first-order valence-corrected chi connectivity index (χ1v) is 6.65. The molecule has 0 bridgehead atoms. The number of hydrogen-bond acceptors (Lipinski definition) is 2. The lowest BCUT2D eigenvalue weighted by Crippen LogP contribution is -2.33. The van der Waals surface area contributed by atoms with Gasteiger partial charge in [-0.25, -0.2) is 0 Å². The average Bonchev–Trinajstić information content (AvgIpc) is 2.56. The van der Waals surface area contributed by atoms with Gasteiger partial charge < -0.3 is 5.32 Å². The first-order chi connectivity index (χ1) is 6.72. The molecule has 0 spiro atoms. The van der Waals surface area contributed by atoms with Crippen LogP contribution in [-0.2, 0) is 11.2 Å². The van der Waals surface area contributed by atoms with Crippen molar-refractivity contribution in [2.24, 2.45) is 0 Å². The van der Waals surface area contributed by atoms with E-state index in [4.69, 9.17) is 0 Å². The van der Waals surface area contributed by atoms with E-state index in [-0.39, 0.29) is 11.9 Å². The topological polar surface area (TPSA) is 29.1 Å². The smallest absolute Gasteiger partial charge is 0.221 e. The van der Waals surface area contributed by atoms with Gasteiger partial charge in [-0.05, 0) is 35.7 Å². The van der Waals surface area contributed by atoms with Gasteiger partial charge in [0.05, 0.1) is 0 Å². The summed E-state index contributed by atoms with van der Waals surface area (Å²) < 4.78 is 0. The fourth-order valence-corrected chi connectivity index (χ4v) is 2.29. The molecule has 1 aromatic rings. The van der Waals surface area contributed by atoms with Crippen LogP contribution in [0.25, 0.3) is 0 Å². The normalized spacial score (nSPS) is 12.4. The Bertz CT molecular complexity index is 274. The van der Waals surface area contributed by atoms with E-state index in [1.54, 1.807) is 11.3 Å². The molecule has 0 aliphatic heterocycles. The highest BCUT2D eigenvalue weighted by atomic mass is 79.9. The van der Waals surface area contributed by atoms with E-state index in [1.165, 1.54) is 5.56 Å². The lowest BCUT2D eigenvalue weighted by molar-refractivity contribution is -0.121. The Morgan fingerprint density at radius 2 is 2.50 bits per heavy atom. The fraction of sp³-hybridized carbons (Fsp3) is 0.500. The molecule has 2 nitrogen and oxygen atoms in total. The molecule has 0 aliphatic rings. The van der Waals surface area contributed by atoms with Crippen molar-refractivity contribution in [3.8, 4) is 0 Å². The lowest BCUT2D eigenvalue weighted by Gasteiger charge is -2.12. The van der Waals surface area contributed by atoms with Crippen LogP contribution in [0.4, 0.5) is 0 Å². The Morgan fingerprint density at radius 3 is 3.07 bits per heavy atom. The largest absolute Gasteiger partial charge is 0.353 e. The maximum Gasteiger partial charge on any atom is 0.221 e. The van der Waals surface area contributed by atoms with Crippen LogP contribution in [0.1, 0.15) is 18.9 Å². The van der Waals surface area contributed by atoms with Gasteiger partial charge in [0, 0.05) is 17.8 Å². The van der Waals surface area contributed by atoms with Crippen LogP contribution in [-0.4, -0.2) is 17.3 Å². The van der Waals surface area contributed by atoms with Crippen LogP contribution >= 0.6 is 27.3 Å². The lowest BCUT2D eigenvalue weighted by atomic mass is 10.1. The molecule has 1 rings (SSSR count). The molecule has 0 saturated heterocycles. The summed E-state index contributed by atoms with van der Waals surface area (Å²) in [5, 5.41) is 7.86.